The van der Waals surface area contributed by atoms with Gasteiger partial charge in [-0.15, -0.1) is 10.2 Å². The van der Waals surface area contributed by atoms with Gasteiger partial charge < -0.3 is 66.2 Å². The minimum Gasteiger partial charge on any atom is -0.480 e. The number of aromatic amines is 1. The second-order valence-corrected chi connectivity index (χ2v) is 21.2. The molecular weight excluding hydrogens is 1100 g/mol. The molecular formula is C51H89N11O19S. The van der Waals surface area contributed by atoms with E-state index in [1.165, 1.54) is 51.9 Å². The van der Waals surface area contributed by atoms with Crippen LogP contribution in [0.5, 0.6) is 0 Å². The van der Waals surface area contributed by atoms with Crippen LogP contribution >= 0.6 is 0 Å². The molecule has 0 aliphatic heterocycles. The van der Waals surface area contributed by atoms with Crippen molar-refractivity contribution in [2.75, 3.05) is 78.2 Å². The molecule has 3 atom stereocenters. The number of rotatable bonds is 54. The Labute approximate surface area is 479 Å². The Bertz CT molecular complexity index is 2140. The van der Waals surface area contributed by atoms with Crippen LogP contribution in [0.3, 0.4) is 0 Å². The third kappa shape index (κ3) is 43.3. The lowest BCUT2D eigenvalue weighted by molar-refractivity contribution is -0.144. The Morgan fingerprint density at radius 1 is 0.463 bits per heavy atom. The number of ether oxygens (including phenoxy) is 4. The van der Waals surface area contributed by atoms with E-state index in [-0.39, 0.29) is 97.2 Å². The first-order chi connectivity index (χ1) is 39.3. The molecule has 0 aromatic carbocycles. The van der Waals surface area contributed by atoms with E-state index in [4.69, 9.17) is 18.9 Å². The van der Waals surface area contributed by atoms with Gasteiger partial charge in [-0.2, -0.15) is 5.21 Å². The van der Waals surface area contributed by atoms with Crippen molar-refractivity contribution in [2.24, 2.45) is 0 Å². The van der Waals surface area contributed by atoms with E-state index in [2.05, 4.69) is 57.2 Å². The molecule has 0 unspecified atom stereocenters. The molecule has 1 rings (SSSR count). The van der Waals surface area contributed by atoms with E-state index in [0.29, 0.717) is 25.8 Å². The maximum Gasteiger partial charge on any atom is 0.326 e. The highest BCUT2D eigenvalue weighted by Gasteiger charge is 2.25. The minimum atomic E-state index is -3.89. The second-order valence-electron chi connectivity index (χ2n) is 19.3. The molecule has 11 N–H and O–H groups in total. The summed E-state index contributed by atoms with van der Waals surface area (Å²) >= 11 is 0. The lowest BCUT2D eigenvalue weighted by atomic mass is 10.0. The van der Waals surface area contributed by atoms with Crippen molar-refractivity contribution in [2.45, 2.75) is 179 Å². The van der Waals surface area contributed by atoms with E-state index in [1.54, 1.807) is 0 Å². The number of aryl methyl sites for hydroxylation is 1. The third-order valence-electron chi connectivity index (χ3n) is 12.1. The normalized spacial score (nSPS) is 12.3. The lowest BCUT2D eigenvalue weighted by Gasteiger charge is -2.17. The molecule has 1 aromatic rings. The average Bonchev–Trinajstić information content (AvgIpc) is 3.94. The maximum absolute atomic E-state index is 12.5. The fourth-order valence-corrected chi connectivity index (χ4v) is 8.85. The van der Waals surface area contributed by atoms with Crippen LogP contribution in [0.4, 0.5) is 0 Å². The molecule has 0 spiro atoms. The average molecular weight is 1190 g/mol. The number of tetrazole rings is 1. The predicted molar refractivity (Wildman–Crippen MR) is 293 cm³/mol. The number of nitrogens with one attached hydrogen (secondary N) is 8. The summed E-state index contributed by atoms with van der Waals surface area (Å²) in [5.41, 5.74) is 0. The van der Waals surface area contributed by atoms with Crippen molar-refractivity contribution in [1.29, 1.82) is 0 Å². The SMILES string of the molecule is CC(=O)NCCCC[C@H](NC(=O)COCCOCCNC(=O)CC[C@@H](NC(=O)CC[C@H](NC(=O)COCCOCCNC(=O)CCCS(=O)(=O)NC(=O)CCCCCCCCCCCCCCCc1nn[nH]n1)C(=O)O)C(=O)O)C(=O)O. The number of aromatic nitrogens is 4. The Kier molecular flexibility index (Phi) is 42.3. The molecule has 1 aromatic heterocycles. The number of sulfonamides is 1. The molecule has 468 valence electrons. The summed E-state index contributed by atoms with van der Waals surface area (Å²) < 4.78 is 47.8. The molecule has 7 amide bonds. The van der Waals surface area contributed by atoms with E-state index >= 15 is 0 Å². The van der Waals surface area contributed by atoms with Gasteiger partial charge in [-0.1, -0.05) is 75.8 Å². The number of unbranched alkanes of at least 4 members (excludes halogenated alkanes) is 13. The number of amides is 7. The van der Waals surface area contributed by atoms with Gasteiger partial charge in [-0.3, -0.25) is 38.3 Å². The highest BCUT2D eigenvalue weighted by Crippen LogP contribution is 2.14. The van der Waals surface area contributed by atoms with E-state index in [9.17, 15) is 71.7 Å². The topological polar surface area (TPSA) is 441 Å². The number of hydrogen-bond acceptors (Lipinski definition) is 19. The number of H-pyrrole nitrogens is 1. The number of aliphatic carboxylic acids is 3. The summed E-state index contributed by atoms with van der Waals surface area (Å²) in [4.78, 5) is 120. The monoisotopic (exact) mass is 1190 g/mol. The van der Waals surface area contributed by atoms with Crippen molar-refractivity contribution in [3.8, 4) is 0 Å². The lowest BCUT2D eigenvalue weighted by Crippen LogP contribution is -2.45. The summed E-state index contributed by atoms with van der Waals surface area (Å²) in [6, 6.07) is -4.12. The molecule has 0 bridgehead atoms. The van der Waals surface area contributed by atoms with Crippen LogP contribution in [-0.4, -0.2) is 200 Å². The Morgan fingerprint density at radius 2 is 0.902 bits per heavy atom. The van der Waals surface area contributed by atoms with Gasteiger partial charge in [0.25, 0.3) is 0 Å². The molecule has 0 saturated heterocycles. The fourth-order valence-electron chi connectivity index (χ4n) is 7.77. The summed E-state index contributed by atoms with van der Waals surface area (Å²) in [5, 5.41) is 56.9. The minimum absolute atomic E-state index is 0.000554. The predicted octanol–water partition coefficient (Wildman–Crippen LogP) is 0.304. The van der Waals surface area contributed by atoms with E-state index < -0.39 is 113 Å². The summed E-state index contributed by atoms with van der Waals surface area (Å²) in [6.07, 6.45) is 14.8. The summed E-state index contributed by atoms with van der Waals surface area (Å²) in [5.74, 6) is -7.75. The van der Waals surface area contributed by atoms with Crippen molar-refractivity contribution in [3.63, 3.8) is 0 Å². The first-order valence-corrected chi connectivity index (χ1v) is 29.8. The van der Waals surface area contributed by atoms with Gasteiger partial charge in [0.05, 0.1) is 45.4 Å². The Balaban J connectivity index is 2.09. The largest absolute Gasteiger partial charge is 0.480 e. The number of carboxylic acid groups (broad SMARTS) is 3. The van der Waals surface area contributed by atoms with Crippen LogP contribution in [0.25, 0.3) is 0 Å². The molecule has 0 radical (unpaired) electrons. The maximum atomic E-state index is 12.5. The first-order valence-electron chi connectivity index (χ1n) is 28.2. The molecule has 0 aliphatic carbocycles. The van der Waals surface area contributed by atoms with Crippen LogP contribution in [-0.2, 0) is 83.3 Å². The van der Waals surface area contributed by atoms with Crippen molar-refractivity contribution in [1.82, 2.24) is 57.2 Å². The zero-order valence-corrected chi connectivity index (χ0v) is 48.1. The summed E-state index contributed by atoms with van der Waals surface area (Å²) in [6.45, 7) is 0.977. The Hall–Kier alpha value is -6.44. The quantitative estimate of drug-likeness (QED) is 0.0391. The molecule has 0 saturated carbocycles. The van der Waals surface area contributed by atoms with Gasteiger partial charge in [-0.25, -0.2) is 22.8 Å². The van der Waals surface area contributed by atoms with Crippen molar-refractivity contribution < 1.29 is 90.6 Å². The first kappa shape index (κ1) is 73.6. The van der Waals surface area contributed by atoms with Crippen LogP contribution in [0, 0.1) is 0 Å². The molecule has 0 fully saturated rings. The van der Waals surface area contributed by atoms with Crippen molar-refractivity contribution >= 4 is 69.3 Å². The van der Waals surface area contributed by atoms with Gasteiger partial charge in [-0.05, 0) is 51.4 Å². The van der Waals surface area contributed by atoms with E-state index in [0.717, 1.165) is 44.3 Å². The van der Waals surface area contributed by atoms with Crippen LogP contribution < -0.4 is 36.6 Å². The molecule has 0 aliphatic rings. The smallest absolute Gasteiger partial charge is 0.326 e. The zero-order chi connectivity index (χ0) is 60.6. The number of hydrogen-bond donors (Lipinski definition) is 11. The Morgan fingerprint density at radius 3 is 1.39 bits per heavy atom. The van der Waals surface area contributed by atoms with Gasteiger partial charge in [0.1, 0.15) is 31.3 Å². The number of carbonyl (C=O) groups is 10. The van der Waals surface area contributed by atoms with Crippen LogP contribution in [0.2, 0.25) is 0 Å². The van der Waals surface area contributed by atoms with Gasteiger partial charge in [0, 0.05) is 58.7 Å². The molecule has 1 heterocycles. The number of carbonyl (C=O) groups excluding carboxylic acids is 7. The molecule has 82 heavy (non-hydrogen) atoms. The van der Waals surface area contributed by atoms with Gasteiger partial charge >= 0.3 is 17.9 Å². The number of carboxylic acids is 3. The number of nitrogens with zero attached hydrogens (tertiary/aromatic N) is 3. The summed E-state index contributed by atoms with van der Waals surface area (Å²) in [7, 11) is -3.89. The highest BCUT2D eigenvalue weighted by molar-refractivity contribution is 7.90. The van der Waals surface area contributed by atoms with Gasteiger partial charge in [0.2, 0.25) is 51.4 Å². The van der Waals surface area contributed by atoms with E-state index in [1.807, 2.05) is 0 Å². The van der Waals surface area contributed by atoms with Crippen LogP contribution in [0.15, 0.2) is 0 Å². The fraction of sp³-hybridized carbons (Fsp3) is 0.784. The zero-order valence-electron chi connectivity index (χ0n) is 47.3. The standard InChI is InChI=1S/C51H89N11O19S/c1-38(63)52-26-16-15-18-39(49(70)71)56-47(68)36-80-33-32-79-30-28-54-44(65)24-22-40(50(72)73)55-45(66)25-23-41(51(74)75)57-48(69)37-81-34-31-78-29-27-53-43(64)21-17-35-82(76,77)60-46(67)20-14-12-10-8-6-4-2-3-5-7-9-11-13-19-42-58-61-62-59-42/h39-41H,2-37H2,1H3,(H,52,63)(H,53,64)(H,54,65)(H,55,66)(H,56,68)(H,57,69)(H,60,67)(H,70,71)(H,72,73)(H,74,75)(H,58,59,61,62)/t39-,40+,41-/m0/s1. The molecule has 31 heteroatoms. The van der Waals surface area contributed by atoms with Gasteiger partial charge in [0.15, 0.2) is 5.82 Å². The molecule has 30 nitrogen and oxygen atoms in total. The van der Waals surface area contributed by atoms with Crippen LogP contribution in [0.1, 0.15) is 160 Å². The second kappa shape index (κ2) is 47.1. The van der Waals surface area contributed by atoms with Crippen molar-refractivity contribution in [3.05, 3.63) is 5.82 Å². The highest BCUT2D eigenvalue weighted by atomic mass is 32.2. The third-order valence-corrected chi connectivity index (χ3v) is 13.5.